The fourth-order valence-corrected chi connectivity index (χ4v) is 6.23. The monoisotopic (exact) mass is 336 g/mol. The van der Waals surface area contributed by atoms with E-state index in [2.05, 4.69) is 0 Å². The lowest BCUT2D eigenvalue weighted by atomic mass is 9.99. The predicted molar refractivity (Wildman–Crippen MR) is 93.5 cm³/mol. The van der Waals surface area contributed by atoms with Crippen molar-refractivity contribution in [2.75, 3.05) is 30.9 Å². The van der Waals surface area contributed by atoms with E-state index in [0.29, 0.717) is 19.4 Å². The van der Waals surface area contributed by atoms with Gasteiger partial charge in [0.25, 0.3) is 0 Å². The maximum atomic E-state index is 12.4. The van der Waals surface area contributed by atoms with Crippen molar-refractivity contribution in [2.45, 2.75) is 65.2 Å². The van der Waals surface area contributed by atoms with Crippen LogP contribution in [0.1, 0.15) is 65.2 Å². The van der Waals surface area contributed by atoms with Crippen molar-refractivity contribution >= 4 is 19.4 Å². The summed E-state index contributed by atoms with van der Waals surface area (Å²) in [5.41, 5.74) is 0. The molecule has 0 aromatic rings. The minimum atomic E-state index is -2.83. The summed E-state index contributed by atoms with van der Waals surface area (Å²) in [6.45, 7) is 4.67. The maximum Gasteiger partial charge on any atom is 0.331 e. The van der Waals surface area contributed by atoms with Crippen molar-refractivity contribution in [3.05, 3.63) is 0 Å². The van der Waals surface area contributed by atoms with Crippen molar-refractivity contribution < 1.29 is 13.6 Å². The Hall–Kier alpha value is 0.500. The van der Waals surface area contributed by atoms with Gasteiger partial charge in [-0.1, -0.05) is 38.5 Å². The summed E-state index contributed by atoms with van der Waals surface area (Å²) in [6.07, 6.45) is 11.7. The standard InChI is InChI=1S/C16H33O3PS/c1-3-18-20(17,19-4-2)13-14-21-15-16-11-9-7-5-6-8-10-12-16/h16H,3-15H2,1-2H3. The highest BCUT2D eigenvalue weighted by Crippen LogP contribution is 2.48. The molecule has 0 spiro atoms. The van der Waals surface area contributed by atoms with E-state index in [0.717, 1.165) is 11.7 Å². The minimum Gasteiger partial charge on any atom is -0.309 e. The van der Waals surface area contributed by atoms with Gasteiger partial charge in [-0.05, 0) is 38.4 Å². The first-order chi connectivity index (χ1) is 10.2. The molecule has 0 saturated heterocycles. The molecule has 0 N–H and O–H groups in total. The molecule has 5 heteroatoms. The summed E-state index contributed by atoms with van der Waals surface area (Å²) in [7, 11) is -2.83. The lowest BCUT2D eigenvalue weighted by molar-refractivity contribution is 0.221. The number of hydrogen-bond acceptors (Lipinski definition) is 4. The van der Waals surface area contributed by atoms with Crippen LogP contribution in [-0.2, 0) is 13.6 Å². The third kappa shape index (κ3) is 9.28. The molecule has 1 aliphatic carbocycles. The molecule has 0 amide bonds. The molecule has 1 saturated carbocycles. The van der Waals surface area contributed by atoms with Gasteiger partial charge in [0.1, 0.15) is 0 Å². The zero-order chi connectivity index (χ0) is 15.4. The summed E-state index contributed by atoms with van der Waals surface area (Å²) in [5, 5.41) is 0. The van der Waals surface area contributed by atoms with Crippen molar-refractivity contribution in [2.24, 2.45) is 5.92 Å². The normalized spacial score (nSPS) is 19.0. The van der Waals surface area contributed by atoms with Crippen molar-refractivity contribution in [1.82, 2.24) is 0 Å². The Morgan fingerprint density at radius 3 is 2.00 bits per heavy atom. The second kappa shape index (κ2) is 12.0. The second-order valence-corrected chi connectivity index (χ2v) is 9.14. The molecular formula is C16H33O3PS. The van der Waals surface area contributed by atoms with Crippen LogP contribution in [0, 0.1) is 5.92 Å². The van der Waals surface area contributed by atoms with Gasteiger partial charge < -0.3 is 9.05 Å². The van der Waals surface area contributed by atoms with E-state index in [-0.39, 0.29) is 0 Å². The highest BCUT2D eigenvalue weighted by atomic mass is 32.2. The van der Waals surface area contributed by atoms with Gasteiger partial charge in [-0.3, -0.25) is 4.57 Å². The fraction of sp³-hybridized carbons (Fsp3) is 1.00. The van der Waals surface area contributed by atoms with E-state index in [9.17, 15) is 4.57 Å². The quantitative estimate of drug-likeness (QED) is 0.397. The topological polar surface area (TPSA) is 35.5 Å². The number of hydrogen-bond donors (Lipinski definition) is 0. The highest BCUT2D eigenvalue weighted by Gasteiger charge is 2.23. The molecule has 0 atom stereocenters. The van der Waals surface area contributed by atoms with Crippen molar-refractivity contribution in [3.8, 4) is 0 Å². The Kier molecular flexibility index (Phi) is 11.2. The third-order valence-electron chi connectivity index (χ3n) is 3.99. The molecular weight excluding hydrogens is 303 g/mol. The average Bonchev–Trinajstić information content (AvgIpc) is 2.58. The van der Waals surface area contributed by atoms with E-state index < -0.39 is 7.60 Å². The lowest BCUT2D eigenvalue weighted by Crippen LogP contribution is -2.07. The van der Waals surface area contributed by atoms with Gasteiger partial charge in [0, 0.05) is 5.75 Å². The van der Waals surface area contributed by atoms with Gasteiger partial charge in [-0.15, -0.1) is 0 Å². The molecule has 1 fully saturated rings. The van der Waals surface area contributed by atoms with E-state index in [1.165, 1.54) is 57.1 Å². The molecule has 1 aliphatic rings. The second-order valence-electron chi connectivity index (χ2n) is 5.81. The van der Waals surface area contributed by atoms with Gasteiger partial charge in [-0.2, -0.15) is 11.8 Å². The smallest absolute Gasteiger partial charge is 0.309 e. The molecule has 0 heterocycles. The zero-order valence-electron chi connectivity index (χ0n) is 13.8. The molecule has 0 aromatic heterocycles. The summed E-state index contributed by atoms with van der Waals surface area (Å²) < 4.78 is 23.0. The van der Waals surface area contributed by atoms with Gasteiger partial charge in [-0.25, -0.2) is 0 Å². The number of rotatable bonds is 9. The van der Waals surface area contributed by atoms with Crippen LogP contribution in [0.15, 0.2) is 0 Å². The van der Waals surface area contributed by atoms with Crippen molar-refractivity contribution in [3.63, 3.8) is 0 Å². The van der Waals surface area contributed by atoms with Gasteiger partial charge >= 0.3 is 7.60 Å². The van der Waals surface area contributed by atoms with Gasteiger partial charge in [0.15, 0.2) is 0 Å². The van der Waals surface area contributed by atoms with Gasteiger partial charge in [0.2, 0.25) is 0 Å². The van der Waals surface area contributed by atoms with Gasteiger partial charge in [0.05, 0.1) is 19.4 Å². The van der Waals surface area contributed by atoms with Crippen LogP contribution in [0.4, 0.5) is 0 Å². The molecule has 0 aliphatic heterocycles. The average molecular weight is 336 g/mol. The first kappa shape index (κ1) is 19.5. The minimum absolute atomic E-state index is 0.463. The Morgan fingerprint density at radius 1 is 0.952 bits per heavy atom. The predicted octanol–water partition coefficient (Wildman–Crippen LogP) is 5.74. The summed E-state index contributed by atoms with van der Waals surface area (Å²) in [5.74, 6) is 2.94. The first-order valence-corrected chi connectivity index (χ1v) is 11.5. The summed E-state index contributed by atoms with van der Waals surface area (Å²) in [4.78, 5) is 0. The molecule has 0 unspecified atom stereocenters. The van der Waals surface area contributed by atoms with Crippen LogP contribution >= 0.6 is 19.4 Å². The SMILES string of the molecule is CCOP(=O)(CCSCC1CCCCCCCC1)OCC. The van der Waals surface area contributed by atoms with E-state index in [1.54, 1.807) is 0 Å². The molecule has 21 heavy (non-hydrogen) atoms. The molecule has 0 aromatic carbocycles. The third-order valence-corrected chi connectivity index (χ3v) is 7.57. The molecule has 0 bridgehead atoms. The Morgan fingerprint density at radius 2 is 1.48 bits per heavy atom. The fourth-order valence-electron chi connectivity index (χ4n) is 2.87. The Bertz CT molecular complexity index is 279. The van der Waals surface area contributed by atoms with Crippen LogP contribution < -0.4 is 0 Å². The molecule has 3 nitrogen and oxygen atoms in total. The lowest BCUT2D eigenvalue weighted by Gasteiger charge is -2.18. The van der Waals surface area contributed by atoms with Crippen LogP contribution in [0.5, 0.6) is 0 Å². The van der Waals surface area contributed by atoms with Crippen LogP contribution in [0.3, 0.4) is 0 Å². The zero-order valence-corrected chi connectivity index (χ0v) is 15.6. The van der Waals surface area contributed by atoms with Crippen LogP contribution in [0.2, 0.25) is 0 Å². The first-order valence-electron chi connectivity index (χ1n) is 8.66. The molecule has 1 rings (SSSR count). The number of thioether (sulfide) groups is 1. The maximum absolute atomic E-state index is 12.4. The van der Waals surface area contributed by atoms with Crippen molar-refractivity contribution in [1.29, 1.82) is 0 Å². The Balaban J connectivity index is 2.22. The highest BCUT2D eigenvalue weighted by molar-refractivity contribution is 7.99. The van der Waals surface area contributed by atoms with Crippen LogP contribution in [-0.4, -0.2) is 30.9 Å². The largest absolute Gasteiger partial charge is 0.331 e. The van der Waals surface area contributed by atoms with E-state index in [4.69, 9.17) is 9.05 Å². The van der Waals surface area contributed by atoms with E-state index in [1.807, 2.05) is 25.6 Å². The molecule has 0 radical (unpaired) electrons. The molecule has 126 valence electrons. The summed E-state index contributed by atoms with van der Waals surface area (Å²) >= 11 is 1.93. The Labute approximate surface area is 135 Å². The van der Waals surface area contributed by atoms with Crippen LogP contribution in [0.25, 0.3) is 0 Å². The summed E-state index contributed by atoms with van der Waals surface area (Å²) in [6, 6.07) is 0. The van der Waals surface area contributed by atoms with E-state index >= 15 is 0 Å².